The van der Waals surface area contributed by atoms with Crippen molar-refractivity contribution in [1.29, 1.82) is 0 Å². The summed E-state index contributed by atoms with van der Waals surface area (Å²) < 4.78 is 5.41. The van der Waals surface area contributed by atoms with Crippen molar-refractivity contribution in [1.82, 2.24) is 4.98 Å². The highest BCUT2D eigenvalue weighted by atomic mass is 16.5. The van der Waals surface area contributed by atoms with Gasteiger partial charge >= 0.3 is 0 Å². The molecular formula is C14H16N2O. The van der Waals surface area contributed by atoms with E-state index < -0.39 is 0 Å². The van der Waals surface area contributed by atoms with Crippen LogP contribution in [-0.2, 0) is 6.54 Å². The Morgan fingerprint density at radius 1 is 1.18 bits per heavy atom. The van der Waals surface area contributed by atoms with Gasteiger partial charge in [-0.25, -0.2) is 0 Å². The first-order valence-electron chi connectivity index (χ1n) is 5.72. The van der Waals surface area contributed by atoms with Crippen LogP contribution in [0.1, 0.15) is 12.5 Å². The van der Waals surface area contributed by atoms with E-state index in [0.29, 0.717) is 13.2 Å². The van der Waals surface area contributed by atoms with Gasteiger partial charge < -0.3 is 10.5 Å². The van der Waals surface area contributed by atoms with Crippen molar-refractivity contribution < 1.29 is 4.74 Å². The van der Waals surface area contributed by atoms with Gasteiger partial charge in [0.25, 0.3) is 0 Å². The Bertz CT molecular complexity index is 480. The highest BCUT2D eigenvalue weighted by molar-refractivity contribution is 5.63. The summed E-state index contributed by atoms with van der Waals surface area (Å²) in [5, 5.41) is 0. The van der Waals surface area contributed by atoms with Gasteiger partial charge in [-0.1, -0.05) is 6.07 Å². The van der Waals surface area contributed by atoms with Crippen molar-refractivity contribution in [3.05, 3.63) is 48.2 Å². The average Bonchev–Trinajstić information content (AvgIpc) is 2.40. The van der Waals surface area contributed by atoms with Crippen LogP contribution >= 0.6 is 0 Å². The minimum absolute atomic E-state index is 0.496. The van der Waals surface area contributed by atoms with Crippen molar-refractivity contribution >= 4 is 0 Å². The fourth-order valence-electron chi connectivity index (χ4n) is 1.74. The third-order valence-electron chi connectivity index (χ3n) is 2.55. The van der Waals surface area contributed by atoms with E-state index in [1.54, 1.807) is 6.20 Å². The summed E-state index contributed by atoms with van der Waals surface area (Å²) >= 11 is 0. The molecule has 0 radical (unpaired) electrons. The van der Waals surface area contributed by atoms with E-state index in [-0.39, 0.29) is 0 Å². The van der Waals surface area contributed by atoms with Crippen molar-refractivity contribution in [2.75, 3.05) is 6.61 Å². The van der Waals surface area contributed by atoms with Gasteiger partial charge in [-0.05, 0) is 42.8 Å². The van der Waals surface area contributed by atoms with E-state index in [2.05, 4.69) is 4.98 Å². The minimum Gasteiger partial charge on any atom is -0.494 e. The Morgan fingerprint density at radius 2 is 1.94 bits per heavy atom. The fourth-order valence-corrected chi connectivity index (χ4v) is 1.74. The van der Waals surface area contributed by atoms with E-state index in [0.717, 1.165) is 22.6 Å². The number of nitrogens with zero attached hydrogens (tertiary/aromatic N) is 1. The first-order chi connectivity index (χ1) is 8.35. The number of hydrogen-bond acceptors (Lipinski definition) is 3. The van der Waals surface area contributed by atoms with Crippen molar-refractivity contribution in [2.45, 2.75) is 13.5 Å². The molecule has 1 heterocycles. The van der Waals surface area contributed by atoms with Gasteiger partial charge in [0.05, 0.1) is 12.3 Å². The molecule has 17 heavy (non-hydrogen) atoms. The zero-order valence-electron chi connectivity index (χ0n) is 9.89. The van der Waals surface area contributed by atoms with Crippen LogP contribution < -0.4 is 10.5 Å². The molecule has 3 nitrogen and oxygen atoms in total. The number of pyridine rings is 1. The molecule has 0 aliphatic heterocycles. The van der Waals surface area contributed by atoms with Crippen LogP contribution in [0.4, 0.5) is 0 Å². The second-order valence-electron chi connectivity index (χ2n) is 3.67. The lowest BCUT2D eigenvalue weighted by atomic mass is 10.1. The molecule has 0 fully saturated rings. The summed E-state index contributed by atoms with van der Waals surface area (Å²) in [6.45, 7) is 3.15. The lowest BCUT2D eigenvalue weighted by Gasteiger charge is -2.07. The van der Waals surface area contributed by atoms with Gasteiger partial charge in [-0.3, -0.25) is 4.98 Å². The van der Waals surface area contributed by atoms with Crippen LogP contribution in [0.25, 0.3) is 11.3 Å². The Morgan fingerprint density at radius 3 is 2.59 bits per heavy atom. The smallest absolute Gasteiger partial charge is 0.119 e. The van der Waals surface area contributed by atoms with Crippen molar-refractivity contribution in [2.24, 2.45) is 5.73 Å². The maximum atomic E-state index is 5.70. The molecule has 2 rings (SSSR count). The highest BCUT2D eigenvalue weighted by Gasteiger charge is 2.04. The SMILES string of the molecule is CCOc1ccc(-c2ncccc2CN)cc1. The fraction of sp³-hybridized carbons (Fsp3) is 0.214. The predicted molar refractivity (Wildman–Crippen MR) is 68.7 cm³/mol. The summed E-state index contributed by atoms with van der Waals surface area (Å²) in [6, 6.07) is 11.8. The molecule has 0 spiro atoms. The molecule has 1 aromatic carbocycles. The van der Waals surface area contributed by atoms with Crippen LogP contribution in [0.3, 0.4) is 0 Å². The molecular weight excluding hydrogens is 212 g/mol. The molecule has 0 unspecified atom stereocenters. The molecule has 0 saturated heterocycles. The topological polar surface area (TPSA) is 48.1 Å². The number of hydrogen-bond donors (Lipinski definition) is 1. The van der Waals surface area contributed by atoms with Gasteiger partial charge in [0.2, 0.25) is 0 Å². The summed E-state index contributed by atoms with van der Waals surface area (Å²) in [5.41, 5.74) is 8.76. The normalized spacial score (nSPS) is 10.2. The number of nitrogens with two attached hydrogens (primary N) is 1. The summed E-state index contributed by atoms with van der Waals surface area (Å²) in [5.74, 6) is 0.876. The number of benzene rings is 1. The molecule has 0 saturated carbocycles. The first kappa shape index (κ1) is 11.6. The molecule has 0 amide bonds. The van der Waals surface area contributed by atoms with E-state index in [4.69, 9.17) is 10.5 Å². The molecule has 0 bridgehead atoms. The minimum atomic E-state index is 0.496. The summed E-state index contributed by atoms with van der Waals surface area (Å²) in [7, 11) is 0. The van der Waals surface area contributed by atoms with Crippen molar-refractivity contribution in [3.8, 4) is 17.0 Å². The number of aromatic nitrogens is 1. The summed E-state index contributed by atoms with van der Waals surface area (Å²) in [4.78, 5) is 4.37. The molecule has 2 aromatic rings. The van der Waals surface area contributed by atoms with Crippen LogP contribution in [0.15, 0.2) is 42.6 Å². The molecule has 0 atom stereocenters. The summed E-state index contributed by atoms with van der Waals surface area (Å²) in [6.07, 6.45) is 1.78. The van der Waals surface area contributed by atoms with Crippen LogP contribution in [0.2, 0.25) is 0 Å². The standard InChI is InChI=1S/C14H16N2O/c1-2-17-13-7-5-11(6-8-13)14-12(10-15)4-3-9-16-14/h3-9H,2,10,15H2,1H3. The Hall–Kier alpha value is -1.87. The quantitative estimate of drug-likeness (QED) is 0.875. The molecule has 0 aliphatic carbocycles. The molecule has 3 heteroatoms. The molecule has 2 N–H and O–H groups in total. The van der Waals surface area contributed by atoms with Gasteiger partial charge in [0.1, 0.15) is 5.75 Å². The van der Waals surface area contributed by atoms with Gasteiger partial charge in [-0.2, -0.15) is 0 Å². The number of ether oxygens (including phenoxy) is 1. The molecule has 88 valence electrons. The van der Waals surface area contributed by atoms with Crippen LogP contribution in [0.5, 0.6) is 5.75 Å². The lowest BCUT2D eigenvalue weighted by Crippen LogP contribution is -2.00. The molecule has 0 aliphatic rings. The maximum Gasteiger partial charge on any atom is 0.119 e. The van der Waals surface area contributed by atoms with E-state index >= 15 is 0 Å². The largest absolute Gasteiger partial charge is 0.494 e. The van der Waals surface area contributed by atoms with E-state index in [1.807, 2.05) is 43.3 Å². The predicted octanol–water partition coefficient (Wildman–Crippen LogP) is 2.61. The van der Waals surface area contributed by atoms with E-state index in [1.165, 1.54) is 0 Å². The number of rotatable bonds is 4. The second kappa shape index (κ2) is 5.46. The lowest BCUT2D eigenvalue weighted by molar-refractivity contribution is 0.340. The maximum absolute atomic E-state index is 5.70. The Balaban J connectivity index is 2.33. The van der Waals surface area contributed by atoms with Crippen LogP contribution in [0, 0.1) is 0 Å². The Kier molecular flexibility index (Phi) is 3.73. The third kappa shape index (κ3) is 2.63. The monoisotopic (exact) mass is 228 g/mol. The average molecular weight is 228 g/mol. The zero-order chi connectivity index (χ0) is 12.1. The highest BCUT2D eigenvalue weighted by Crippen LogP contribution is 2.23. The first-order valence-corrected chi connectivity index (χ1v) is 5.72. The van der Waals surface area contributed by atoms with Gasteiger partial charge in [-0.15, -0.1) is 0 Å². The third-order valence-corrected chi connectivity index (χ3v) is 2.55. The van der Waals surface area contributed by atoms with Gasteiger partial charge in [0.15, 0.2) is 0 Å². The second-order valence-corrected chi connectivity index (χ2v) is 3.67. The van der Waals surface area contributed by atoms with Gasteiger partial charge in [0, 0.05) is 18.3 Å². The van der Waals surface area contributed by atoms with Crippen molar-refractivity contribution in [3.63, 3.8) is 0 Å². The van der Waals surface area contributed by atoms with E-state index in [9.17, 15) is 0 Å². The molecule has 1 aromatic heterocycles. The Labute approximate surface area is 101 Å². The zero-order valence-corrected chi connectivity index (χ0v) is 9.89. The van der Waals surface area contributed by atoms with Crippen LogP contribution in [-0.4, -0.2) is 11.6 Å².